The molecule has 48 heavy (non-hydrogen) atoms. The van der Waals surface area contributed by atoms with Gasteiger partial charge in [0, 0.05) is 0 Å². The molecule has 0 fully saturated rings. The molecule has 0 unspecified atom stereocenters. The fraction of sp³-hybridized carbons (Fsp3) is 0.143. The Hall–Kier alpha value is -5.88. The van der Waals surface area contributed by atoms with E-state index in [-0.39, 0.29) is 17.2 Å². The van der Waals surface area contributed by atoms with E-state index in [9.17, 15) is 15.3 Å². The molecule has 7 rings (SSSR count). The minimum Gasteiger partial charge on any atom is -0.504 e. The lowest BCUT2D eigenvalue weighted by Gasteiger charge is -2.16. The molecular weight excluding hydrogens is 600 g/mol. The van der Waals surface area contributed by atoms with Crippen LogP contribution < -0.4 is 14.2 Å². The van der Waals surface area contributed by atoms with E-state index in [1.807, 2.05) is 109 Å². The second-order valence-corrected chi connectivity index (χ2v) is 12.1. The lowest BCUT2D eigenvalue weighted by molar-refractivity contribution is 0.288. The lowest BCUT2D eigenvalue weighted by Crippen LogP contribution is -2.02. The molecule has 0 saturated heterocycles. The van der Waals surface area contributed by atoms with Gasteiger partial charge < -0.3 is 29.5 Å². The Kier molecular flexibility index (Phi) is 8.88. The van der Waals surface area contributed by atoms with Crippen molar-refractivity contribution in [3.63, 3.8) is 0 Å². The average Bonchev–Trinajstić information content (AvgIpc) is 3.16. The summed E-state index contributed by atoms with van der Waals surface area (Å²) in [5, 5.41) is 33.3. The van der Waals surface area contributed by atoms with Crippen LogP contribution in [0.3, 0.4) is 0 Å². The number of fused-ring (bicyclic) bond motifs is 3. The normalized spacial score (nSPS) is 12.0. The topological polar surface area (TPSA) is 88.4 Å². The van der Waals surface area contributed by atoms with Gasteiger partial charge in [-0.3, -0.25) is 0 Å². The first-order chi connectivity index (χ1) is 23.5. The number of ether oxygens (including phenoxy) is 3. The molecule has 6 aromatic carbocycles. The standard InChI is InChI=1S/C42H36O6/c43-37-19-31-17-35-23-41(47-26-29-12-6-2-7-13-29)39(45)21-33(35)18-36-24-42(48-27-30-14-8-3-9-15-30)38(44)20-32(36)16-34(31)22-40(37)46-25-28-10-4-1-5-11-28/h1-15,19-24,43-45H,16-18,25-27H2. The minimum absolute atomic E-state index is 0.0533. The van der Waals surface area contributed by atoms with Crippen molar-refractivity contribution in [1.29, 1.82) is 0 Å². The van der Waals surface area contributed by atoms with Crippen LogP contribution in [0, 0.1) is 0 Å². The van der Waals surface area contributed by atoms with E-state index < -0.39 is 0 Å². The largest absolute Gasteiger partial charge is 0.504 e. The summed E-state index contributed by atoms with van der Waals surface area (Å²) in [5.41, 5.74) is 8.61. The molecule has 0 amide bonds. The van der Waals surface area contributed by atoms with E-state index in [1.54, 1.807) is 18.2 Å². The van der Waals surface area contributed by atoms with E-state index >= 15 is 0 Å². The molecule has 0 bridgehead atoms. The molecule has 0 heterocycles. The van der Waals surface area contributed by atoms with Crippen LogP contribution in [0.5, 0.6) is 34.5 Å². The maximum Gasteiger partial charge on any atom is 0.161 e. The third kappa shape index (κ3) is 7.08. The zero-order chi connectivity index (χ0) is 32.9. The highest BCUT2D eigenvalue weighted by Crippen LogP contribution is 2.40. The number of phenols is 3. The van der Waals surface area contributed by atoms with Crippen LogP contribution in [0.4, 0.5) is 0 Å². The van der Waals surface area contributed by atoms with E-state index in [0.29, 0.717) is 56.3 Å². The fourth-order valence-electron chi connectivity index (χ4n) is 6.12. The fourth-order valence-corrected chi connectivity index (χ4v) is 6.12. The van der Waals surface area contributed by atoms with Crippen LogP contribution in [0.2, 0.25) is 0 Å². The molecule has 3 N–H and O–H groups in total. The summed E-state index contributed by atoms with van der Waals surface area (Å²) in [6, 6.07) is 40.5. The van der Waals surface area contributed by atoms with Crippen molar-refractivity contribution in [1.82, 2.24) is 0 Å². The zero-order valence-electron chi connectivity index (χ0n) is 26.4. The van der Waals surface area contributed by atoms with Crippen molar-refractivity contribution in [2.45, 2.75) is 39.1 Å². The molecule has 0 radical (unpaired) electrons. The van der Waals surface area contributed by atoms with Gasteiger partial charge in [0.05, 0.1) is 0 Å². The highest BCUT2D eigenvalue weighted by Gasteiger charge is 2.22. The van der Waals surface area contributed by atoms with Crippen LogP contribution >= 0.6 is 0 Å². The molecule has 240 valence electrons. The molecule has 1 aliphatic carbocycles. The van der Waals surface area contributed by atoms with Gasteiger partial charge in [-0.1, -0.05) is 91.0 Å². The monoisotopic (exact) mass is 636 g/mol. The summed E-state index contributed by atoms with van der Waals surface area (Å²) in [5.74, 6) is 1.34. The molecule has 6 heteroatoms. The van der Waals surface area contributed by atoms with E-state index in [0.717, 1.165) is 50.1 Å². The Morgan fingerprint density at radius 3 is 0.875 bits per heavy atom. The lowest BCUT2D eigenvalue weighted by atomic mass is 9.94. The number of aromatic hydroxyl groups is 3. The molecule has 1 aliphatic rings. The summed E-state index contributed by atoms with van der Waals surface area (Å²) in [6.07, 6.45) is 1.49. The summed E-state index contributed by atoms with van der Waals surface area (Å²) in [4.78, 5) is 0. The Bertz CT molecular complexity index is 1790. The van der Waals surface area contributed by atoms with Crippen molar-refractivity contribution in [2.75, 3.05) is 0 Å². The van der Waals surface area contributed by atoms with Crippen LogP contribution in [0.1, 0.15) is 50.1 Å². The predicted octanol–water partition coefficient (Wildman–Crippen LogP) is 8.63. The maximum absolute atomic E-state index is 11.1. The smallest absolute Gasteiger partial charge is 0.161 e. The van der Waals surface area contributed by atoms with Gasteiger partial charge in [0.25, 0.3) is 0 Å². The van der Waals surface area contributed by atoms with Crippen molar-refractivity contribution >= 4 is 0 Å². The highest BCUT2D eigenvalue weighted by atomic mass is 16.5. The van der Waals surface area contributed by atoms with Crippen molar-refractivity contribution in [3.8, 4) is 34.5 Å². The maximum atomic E-state index is 11.1. The number of hydrogen-bond acceptors (Lipinski definition) is 6. The SMILES string of the molecule is Oc1cc2c(cc1OCc1ccccc1)Cc1cc(O)c(OCc3ccccc3)cc1Cc1cc(O)c(OCc3ccccc3)cc1C2. The van der Waals surface area contributed by atoms with Crippen LogP contribution in [0.25, 0.3) is 0 Å². The molecular formula is C42H36O6. The van der Waals surface area contributed by atoms with Crippen molar-refractivity contribution in [2.24, 2.45) is 0 Å². The van der Waals surface area contributed by atoms with Gasteiger partial charge in [-0.05, 0) is 106 Å². The molecule has 6 nitrogen and oxygen atoms in total. The van der Waals surface area contributed by atoms with E-state index in [4.69, 9.17) is 14.2 Å². The number of rotatable bonds is 9. The second-order valence-electron chi connectivity index (χ2n) is 12.1. The Labute approximate surface area is 280 Å². The second kappa shape index (κ2) is 13.9. The molecule has 0 aromatic heterocycles. The minimum atomic E-state index is 0.0533. The Morgan fingerprint density at radius 1 is 0.354 bits per heavy atom. The summed E-state index contributed by atoms with van der Waals surface area (Å²) >= 11 is 0. The van der Waals surface area contributed by atoms with Crippen LogP contribution in [-0.4, -0.2) is 15.3 Å². The molecule has 0 saturated carbocycles. The Morgan fingerprint density at radius 2 is 0.604 bits per heavy atom. The van der Waals surface area contributed by atoms with Gasteiger partial charge in [-0.2, -0.15) is 0 Å². The van der Waals surface area contributed by atoms with E-state index in [1.165, 1.54) is 0 Å². The average molecular weight is 637 g/mol. The van der Waals surface area contributed by atoms with Crippen molar-refractivity contribution < 1.29 is 29.5 Å². The number of hydrogen-bond donors (Lipinski definition) is 3. The van der Waals surface area contributed by atoms with Gasteiger partial charge >= 0.3 is 0 Å². The van der Waals surface area contributed by atoms with Crippen LogP contribution in [0.15, 0.2) is 127 Å². The first kappa shape index (κ1) is 30.8. The summed E-state index contributed by atoms with van der Waals surface area (Å²) in [7, 11) is 0. The molecule has 0 atom stereocenters. The van der Waals surface area contributed by atoms with Gasteiger partial charge in [0.15, 0.2) is 34.5 Å². The quantitative estimate of drug-likeness (QED) is 0.147. The van der Waals surface area contributed by atoms with Gasteiger partial charge in [0.1, 0.15) is 19.8 Å². The number of benzene rings is 6. The third-order valence-corrected chi connectivity index (χ3v) is 8.70. The van der Waals surface area contributed by atoms with Gasteiger partial charge in [0.2, 0.25) is 0 Å². The van der Waals surface area contributed by atoms with Gasteiger partial charge in [-0.25, -0.2) is 0 Å². The summed E-state index contributed by atoms with van der Waals surface area (Å²) in [6.45, 7) is 0.949. The predicted molar refractivity (Wildman–Crippen MR) is 185 cm³/mol. The Balaban J connectivity index is 1.27. The molecule has 0 aliphatic heterocycles. The summed E-state index contributed by atoms with van der Waals surface area (Å²) < 4.78 is 18.3. The first-order valence-corrected chi connectivity index (χ1v) is 16.0. The third-order valence-electron chi connectivity index (χ3n) is 8.70. The number of phenolic OH excluding ortho intramolecular Hbond substituents is 3. The van der Waals surface area contributed by atoms with Crippen molar-refractivity contribution in [3.05, 3.63) is 177 Å². The molecule has 0 spiro atoms. The molecule has 6 aromatic rings. The zero-order valence-corrected chi connectivity index (χ0v) is 26.4. The van der Waals surface area contributed by atoms with E-state index in [2.05, 4.69) is 0 Å². The van der Waals surface area contributed by atoms with Gasteiger partial charge in [-0.15, -0.1) is 0 Å². The highest BCUT2D eigenvalue weighted by molar-refractivity contribution is 5.57. The van der Waals surface area contributed by atoms with Crippen LogP contribution in [-0.2, 0) is 39.1 Å². The first-order valence-electron chi connectivity index (χ1n) is 16.0.